The lowest BCUT2D eigenvalue weighted by molar-refractivity contribution is -0.164. The van der Waals surface area contributed by atoms with Crippen LogP contribution in [0.5, 0.6) is 5.75 Å². The van der Waals surface area contributed by atoms with Crippen molar-refractivity contribution in [1.29, 1.82) is 0 Å². The molecule has 0 aromatic heterocycles. The molecular formula is C31H39NO4. The van der Waals surface area contributed by atoms with Gasteiger partial charge in [-0.25, -0.2) is 0 Å². The maximum absolute atomic E-state index is 12.7. The zero-order valence-corrected chi connectivity index (χ0v) is 21.5. The van der Waals surface area contributed by atoms with Gasteiger partial charge in [0.2, 0.25) is 0 Å². The summed E-state index contributed by atoms with van der Waals surface area (Å²) in [4.78, 5) is 2.09. The second-order valence-electron chi connectivity index (χ2n) is 9.73. The lowest BCUT2D eigenvalue weighted by Crippen LogP contribution is -2.36. The van der Waals surface area contributed by atoms with Crippen LogP contribution in [0.2, 0.25) is 0 Å². The molecule has 4 rings (SSSR count). The predicted molar refractivity (Wildman–Crippen MR) is 143 cm³/mol. The monoisotopic (exact) mass is 489 g/mol. The van der Waals surface area contributed by atoms with Crippen LogP contribution in [0.3, 0.4) is 0 Å². The van der Waals surface area contributed by atoms with Gasteiger partial charge in [0.1, 0.15) is 18.0 Å². The molecule has 1 fully saturated rings. The molecule has 1 saturated heterocycles. The van der Waals surface area contributed by atoms with Gasteiger partial charge in [-0.2, -0.15) is 0 Å². The highest BCUT2D eigenvalue weighted by Gasteiger charge is 2.41. The zero-order valence-electron chi connectivity index (χ0n) is 21.5. The van der Waals surface area contributed by atoms with Crippen LogP contribution in [0, 0.1) is 0 Å². The summed E-state index contributed by atoms with van der Waals surface area (Å²) in [6.07, 6.45) is 3.62. The topological polar surface area (TPSA) is 51.2 Å². The molecule has 0 bridgehead atoms. The molecule has 1 heterocycles. The van der Waals surface area contributed by atoms with E-state index in [4.69, 9.17) is 14.2 Å². The Hall–Kier alpha value is -2.70. The third-order valence-electron chi connectivity index (χ3n) is 6.85. The van der Waals surface area contributed by atoms with Crippen LogP contribution in [0.4, 0.5) is 0 Å². The largest absolute Gasteiger partial charge is 0.492 e. The third kappa shape index (κ3) is 6.74. The average molecular weight is 490 g/mol. The van der Waals surface area contributed by atoms with Gasteiger partial charge in [-0.3, -0.25) is 0 Å². The number of benzene rings is 3. The van der Waals surface area contributed by atoms with Gasteiger partial charge in [-0.15, -0.1) is 0 Å². The molecular weight excluding hydrogens is 450 g/mol. The van der Waals surface area contributed by atoms with Crippen molar-refractivity contribution in [3.8, 4) is 5.75 Å². The van der Waals surface area contributed by atoms with Crippen LogP contribution in [-0.4, -0.2) is 56.8 Å². The summed E-state index contributed by atoms with van der Waals surface area (Å²) >= 11 is 0. The first-order valence-electron chi connectivity index (χ1n) is 13.0. The highest BCUT2D eigenvalue weighted by atomic mass is 16.7. The number of aliphatic hydroxyl groups is 1. The fourth-order valence-electron chi connectivity index (χ4n) is 4.89. The molecule has 0 radical (unpaired) electrons. The highest BCUT2D eigenvalue weighted by Crippen LogP contribution is 2.45. The molecule has 0 saturated carbocycles. The molecule has 192 valence electrons. The standard InChI is InChI=1S/C31H39NO4/c1-32(2)20-23-34-28-17-11-16-27(24-28)31(33,26-14-7-4-8-15-26)29(25-12-5-3-6-13-25)19-22-36-30-18-9-10-21-35-30/h3-8,11-17,24,29-30,33H,9-10,18-23H2,1-2H3. The van der Waals surface area contributed by atoms with Crippen molar-refractivity contribution in [3.05, 3.63) is 102 Å². The van der Waals surface area contributed by atoms with E-state index in [1.807, 2.05) is 86.9 Å². The van der Waals surface area contributed by atoms with Gasteiger partial charge < -0.3 is 24.2 Å². The maximum atomic E-state index is 12.7. The number of nitrogens with zero attached hydrogens (tertiary/aromatic N) is 1. The summed E-state index contributed by atoms with van der Waals surface area (Å²) in [5.41, 5.74) is 1.44. The van der Waals surface area contributed by atoms with Crippen molar-refractivity contribution in [3.63, 3.8) is 0 Å². The average Bonchev–Trinajstić information content (AvgIpc) is 2.92. The molecule has 0 aliphatic carbocycles. The first-order chi connectivity index (χ1) is 17.6. The van der Waals surface area contributed by atoms with Crippen molar-refractivity contribution in [1.82, 2.24) is 4.90 Å². The first kappa shape index (κ1) is 26.4. The molecule has 1 aliphatic heterocycles. The van der Waals surface area contributed by atoms with E-state index in [-0.39, 0.29) is 12.2 Å². The summed E-state index contributed by atoms with van der Waals surface area (Å²) in [6, 6.07) is 28.1. The number of ether oxygens (including phenoxy) is 3. The molecule has 5 heteroatoms. The van der Waals surface area contributed by atoms with Gasteiger partial charge in [0, 0.05) is 19.1 Å². The summed E-state index contributed by atoms with van der Waals surface area (Å²) in [6.45, 7) is 2.65. The SMILES string of the molecule is CN(C)CCOc1cccc(C(O)(c2ccccc2)C(CCOC2CCCCO2)c2ccccc2)c1. The second-order valence-corrected chi connectivity index (χ2v) is 9.73. The Morgan fingerprint density at radius 2 is 1.64 bits per heavy atom. The molecule has 3 aromatic rings. The van der Waals surface area contributed by atoms with Crippen molar-refractivity contribution in [2.45, 2.75) is 43.5 Å². The summed E-state index contributed by atoms with van der Waals surface area (Å²) in [5, 5.41) is 12.7. The Kier molecular flexibility index (Phi) is 9.54. The fourth-order valence-corrected chi connectivity index (χ4v) is 4.89. The van der Waals surface area contributed by atoms with Crippen molar-refractivity contribution >= 4 is 0 Å². The third-order valence-corrected chi connectivity index (χ3v) is 6.85. The van der Waals surface area contributed by atoms with Crippen molar-refractivity contribution in [2.24, 2.45) is 0 Å². The van der Waals surface area contributed by atoms with Crippen LogP contribution in [-0.2, 0) is 15.1 Å². The minimum Gasteiger partial charge on any atom is -0.492 e. The molecule has 3 unspecified atom stereocenters. The van der Waals surface area contributed by atoms with E-state index in [0.29, 0.717) is 19.6 Å². The van der Waals surface area contributed by atoms with Crippen LogP contribution in [0.1, 0.15) is 48.3 Å². The fraction of sp³-hybridized carbons (Fsp3) is 0.419. The van der Waals surface area contributed by atoms with E-state index in [2.05, 4.69) is 17.0 Å². The number of hydrogen-bond acceptors (Lipinski definition) is 5. The molecule has 36 heavy (non-hydrogen) atoms. The van der Waals surface area contributed by atoms with E-state index in [0.717, 1.165) is 54.9 Å². The van der Waals surface area contributed by atoms with Gasteiger partial charge in [-0.05, 0) is 68.6 Å². The molecule has 3 aromatic carbocycles. The van der Waals surface area contributed by atoms with E-state index >= 15 is 0 Å². The van der Waals surface area contributed by atoms with Gasteiger partial charge in [0.25, 0.3) is 0 Å². The Labute approximate surface area is 215 Å². The van der Waals surface area contributed by atoms with Gasteiger partial charge in [0.05, 0.1) is 6.61 Å². The van der Waals surface area contributed by atoms with E-state index in [1.165, 1.54) is 0 Å². The lowest BCUT2D eigenvalue weighted by atomic mass is 9.71. The Morgan fingerprint density at radius 3 is 2.33 bits per heavy atom. The summed E-state index contributed by atoms with van der Waals surface area (Å²) < 4.78 is 18.0. The molecule has 0 amide bonds. The van der Waals surface area contributed by atoms with E-state index in [1.54, 1.807) is 0 Å². The minimum absolute atomic E-state index is 0.159. The van der Waals surface area contributed by atoms with Crippen LogP contribution in [0.15, 0.2) is 84.9 Å². The summed E-state index contributed by atoms with van der Waals surface area (Å²) in [5.74, 6) is 0.518. The van der Waals surface area contributed by atoms with E-state index < -0.39 is 5.60 Å². The smallest absolute Gasteiger partial charge is 0.157 e. The number of hydrogen-bond donors (Lipinski definition) is 1. The van der Waals surface area contributed by atoms with Crippen molar-refractivity contribution in [2.75, 3.05) is 40.5 Å². The van der Waals surface area contributed by atoms with Crippen LogP contribution < -0.4 is 4.74 Å². The van der Waals surface area contributed by atoms with Crippen LogP contribution >= 0.6 is 0 Å². The number of likely N-dealkylation sites (N-methyl/N-ethyl adjacent to an activating group) is 1. The van der Waals surface area contributed by atoms with Gasteiger partial charge in [-0.1, -0.05) is 72.8 Å². The second kappa shape index (κ2) is 13.0. The Bertz CT molecular complexity index is 1040. The zero-order chi connectivity index (χ0) is 25.2. The van der Waals surface area contributed by atoms with Crippen molar-refractivity contribution < 1.29 is 19.3 Å². The Balaban J connectivity index is 1.68. The van der Waals surface area contributed by atoms with Gasteiger partial charge >= 0.3 is 0 Å². The molecule has 5 nitrogen and oxygen atoms in total. The number of rotatable bonds is 12. The highest BCUT2D eigenvalue weighted by molar-refractivity contribution is 5.44. The Morgan fingerprint density at radius 1 is 0.917 bits per heavy atom. The molecule has 3 atom stereocenters. The van der Waals surface area contributed by atoms with Crippen LogP contribution in [0.25, 0.3) is 0 Å². The lowest BCUT2D eigenvalue weighted by Gasteiger charge is -2.38. The van der Waals surface area contributed by atoms with Gasteiger partial charge in [0.15, 0.2) is 6.29 Å². The minimum atomic E-state index is -1.28. The normalized spacial score (nSPS) is 18.5. The summed E-state index contributed by atoms with van der Waals surface area (Å²) in [7, 11) is 4.05. The maximum Gasteiger partial charge on any atom is 0.157 e. The first-order valence-corrected chi connectivity index (χ1v) is 13.0. The van der Waals surface area contributed by atoms with E-state index in [9.17, 15) is 5.11 Å². The molecule has 1 aliphatic rings. The predicted octanol–water partition coefficient (Wildman–Crippen LogP) is 5.58. The molecule has 1 N–H and O–H groups in total. The quantitative estimate of drug-likeness (QED) is 0.360. The molecule has 0 spiro atoms.